The molecule has 0 heterocycles. The molecule has 0 bridgehead atoms. The zero-order chi connectivity index (χ0) is 15.9. The molecular weight excluding hydrogens is 276 g/mol. The van der Waals surface area contributed by atoms with Crippen LogP contribution in [0.3, 0.4) is 0 Å². The summed E-state index contributed by atoms with van der Waals surface area (Å²) >= 11 is 0. The third-order valence-corrected chi connectivity index (χ3v) is 3.25. The van der Waals surface area contributed by atoms with Crippen LogP contribution in [0.4, 0.5) is 5.69 Å². The third-order valence-electron chi connectivity index (χ3n) is 3.25. The summed E-state index contributed by atoms with van der Waals surface area (Å²) < 4.78 is 5.58. The molecule has 0 saturated carbocycles. The first kappa shape index (κ1) is 15.6. The van der Waals surface area contributed by atoms with Crippen LogP contribution in [0.2, 0.25) is 0 Å². The normalized spacial score (nSPS) is 11.3. The molecule has 112 valence electrons. The second-order valence-electron chi connectivity index (χ2n) is 4.94. The smallest absolute Gasteiger partial charge is 0.265 e. The predicted molar refractivity (Wildman–Crippen MR) is 85.7 cm³/mol. The Hall–Kier alpha value is -2.80. The molecular formula is C18H18N2O2. The summed E-state index contributed by atoms with van der Waals surface area (Å²) in [5.74, 6) is 0.277. The van der Waals surface area contributed by atoms with E-state index in [0.29, 0.717) is 11.3 Å². The second-order valence-corrected chi connectivity index (χ2v) is 4.94. The summed E-state index contributed by atoms with van der Waals surface area (Å²) in [5.41, 5.74) is 2.42. The van der Waals surface area contributed by atoms with Gasteiger partial charge in [0.1, 0.15) is 5.75 Å². The Morgan fingerprint density at radius 3 is 2.77 bits per heavy atom. The molecule has 0 aromatic heterocycles. The number of carbonyl (C=O) groups is 1. The number of aryl methyl sites for hydroxylation is 1. The Morgan fingerprint density at radius 1 is 1.27 bits per heavy atom. The van der Waals surface area contributed by atoms with Gasteiger partial charge in [-0.25, -0.2) is 0 Å². The molecule has 2 aromatic carbocycles. The number of rotatable bonds is 5. The van der Waals surface area contributed by atoms with Gasteiger partial charge in [0.25, 0.3) is 5.91 Å². The van der Waals surface area contributed by atoms with Crippen LogP contribution in [0.25, 0.3) is 0 Å². The molecule has 0 radical (unpaired) electrons. The zero-order valence-corrected chi connectivity index (χ0v) is 12.7. The van der Waals surface area contributed by atoms with Gasteiger partial charge in [-0.05, 0) is 49.2 Å². The Morgan fingerprint density at radius 2 is 2.05 bits per heavy atom. The number of anilines is 1. The minimum absolute atomic E-state index is 0.226. The highest BCUT2D eigenvalue weighted by molar-refractivity contribution is 5.94. The lowest BCUT2D eigenvalue weighted by atomic mass is 10.1. The molecule has 0 fully saturated rings. The lowest BCUT2D eigenvalue weighted by molar-refractivity contribution is -0.122. The molecule has 1 unspecified atom stereocenters. The van der Waals surface area contributed by atoms with Crippen molar-refractivity contribution in [2.75, 3.05) is 5.32 Å². The SMILES string of the molecule is CCc1cccc(NC(=O)C(C)Oc2cccc(C#N)c2)c1. The van der Waals surface area contributed by atoms with Crippen molar-refractivity contribution in [2.45, 2.75) is 26.4 Å². The van der Waals surface area contributed by atoms with E-state index in [9.17, 15) is 4.79 Å². The average molecular weight is 294 g/mol. The molecule has 4 heteroatoms. The van der Waals surface area contributed by atoms with Crippen LogP contribution in [-0.4, -0.2) is 12.0 Å². The van der Waals surface area contributed by atoms with Crippen LogP contribution >= 0.6 is 0 Å². The van der Waals surface area contributed by atoms with E-state index in [0.717, 1.165) is 17.7 Å². The Bertz CT molecular complexity index is 704. The van der Waals surface area contributed by atoms with Crippen LogP contribution < -0.4 is 10.1 Å². The van der Waals surface area contributed by atoms with E-state index in [4.69, 9.17) is 10.00 Å². The predicted octanol–water partition coefficient (Wildman–Crippen LogP) is 3.53. The third kappa shape index (κ3) is 4.10. The van der Waals surface area contributed by atoms with Crippen molar-refractivity contribution in [2.24, 2.45) is 0 Å². The first-order valence-electron chi connectivity index (χ1n) is 7.19. The fraction of sp³-hybridized carbons (Fsp3) is 0.222. The summed E-state index contributed by atoms with van der Waals surface area (Å²) in [6.07, 6.45) is 0.260. The summed E-state index contributed by atoms with van der Waals surface area (Å²) in [5, 5.41) is 11.7. The molecule has 22 heavy (non-hydrogen) atoms. The van der Waals surface area contributed by atoms with Crippen LogP contribution in [0.5, 0.6) is 5.75 Å². The molecule has 0 aliphatic rings. The lowest BCUT2D eigenvalue weighted by Crippen LogP contribution is -2.30. The van der Waals surface area contributed by atoms with Crippen LogP contribution in [0, 0.1) is 11.3 Å². The number of benzene rings is 2. The quantitative estimate of drug-likeness (QED) is 0.917. The van der Waals surface area contributed by atoms with Gasteiger partial charge >= 0.3 is 0 Å². The summed E-state index contributed by atoms with van der Waals surface area (Å²) in [6, 6.07) is 16.5. The molecule has 0 spiro atoms. The van der Waals surface area contributed by atoms with Crippen molar-refractivity contribution >= 4 is 11.6 Å². The first-order chi connectivity index (χ1) is 10.6. The molecule has 4 nitrogen and oxygen atoms in total. The highest BCUT2D eigenvalue weighted by Gasteiger charge is 2.15. The first-order valence-corrected chi connectivity index (χ1v) is 7.19. The van der Waals surface area contributed by atoms with E-state index in [-0.39, 0.29) is 5.91 Å². The molecule has 2 aromatic rings. The average Bonchev–Trinajstić information content (AvgIpc) is 2.55. The van der Waals surface area contributed by atoms with Crippen molar-refractivity contribution in [3.05, 3.63) is 59.7 Å². The number of amides is 1. The maximum atomic E-state index is 12.2. The monoisotopic (exact) mass is 294 g/mol. The van der Waals surface area contributed by atoms with Gasteiger partial charge in [-0.2, -0.15) is 5.26 Å². The number of nitriles is 1. The van der Waals surface area contributed by atoms with Crippen molar-refractivity contribution in [1.29, 1.82) is 5.26 Å². The number of hydrogen-bond donors (Lipinski definition) is 1. The summed E-state index contributed by atoms with van der Waals surface area (Å²) in [4.78, 5) is 12.2. The fourth-order valence-corrected chi connectivity index (χ4v) is 2.01. The number of nitrogens with one attached hydrogen (secondary N) is 1. The van der Waals surface area contributed by atoms with E-state index in [1.54, 1.807) is 31.2 Å². The summed E-state index contributed by atoms with van der Waals surface area (Å²) in [6.45, 7) is 3.74. The molecule has 0 aliphatic carbocycles. The zero-order valence-electron chi connectivity index (χ0n) is 12.7. The highest BCUT2D eigenvalue weighted by Crippen LogP contribution is 2.16. The molecule has 2 rings (SSSR count). The highest BCUT2D eigenvalue weighted by atomic mass is 16.5. The van der Waals surface area contributed by atoms with Gasteiger partial charge in [0.2, 0.25) is 0 Å². The number of carbonyl (C=O) groups excluding carboxylic acids is 1. The van der Waals surface area contributed by atoms with Crippen molar-refractivity contribution < 1.29 is 9.53 Å². The van der Waals surface area contributed by atoms with Crippen LogP contribution in [0.1, 0.15) is 25.0 Å². The molecule has 1 amide bonds. The topological polar surface area (TPSA) is 62.1 Å². The van der Waals surface area contributed by atoms with E-state index >= 15 is 0 Å². The van der Waals surface area contributed by atoms with Gasteiger partial charge in [-0.1, -0.05) is 25.1 Å². The molecule has 0 aliphatic heterocycles. The number of nitrogens with zero attached hydrogens (tertiary/aromatic N) is 1. The van der Waals surface area contributed by atoms with Crippen molar-refractivity contribution in [3.8, 4) is 11.8 Å². The van der Waals surface area contributed by atoms with Gasteiger partial charge < -0.3 is 10.1 Å². The Balaban J connectivity index is 2.01. The van der Waals surface area contributed by atoms with E-state index in [1.807, 2.05) is 30.3 Å². The molecule has 1 atom stereocenters. The number of hydrogen-bond acceptors (Lipinski definition) is 3. The Labute approximate surface area is 130 Å². The maximum Gasteiger partial charge on any atom is 0.265 e. The standard InChI is InChI=1S/C18H18N2O2/c1-3-14-6-4-8-16(10-14)20-18(21)13(2)22-17-9-5-7-15(11-17)12-19/h4-11,13H,3H2,1-2H3,(H,20,21). The Kier molecular flexibility index (Phi) is 5.16. The summed E-state index contributed by atoms with van der Waals surface area (Å²) in [7, 11) is 0. The second kappa shape index (κ2) is 7.28. The largest absolute Gasteiger partial charge is 0.481 e. The van der Waals surface area contributed by atoms with Gasteiger partial charge in [-0.15, -0.1) is 0 Å². The molecule has 0 saturated heterocycles. The van der Waals surface area contributed by atoms with Crippen LogP contribution in [0.15, 0.2) is 48.5 Å². The van der Waals surface area contributed by atoms with Gasteiger partial charge in [0.05, 0.1) is 11.6 Å². The minimum atomic E-state index is -0.653. The van der Waals surface area contributed by atoms with E-state index < -0.39 is 6.10 Å². The molecule has 1 N–H and O–H groups in total. The van der Waals surface area contributed by atoms with Gasteiger partial charge in [0.15, 0.2) is 6.10 Å². The van der Waals surface area contributed by atoms with Gasteiger partial charge in [0, 0.05) is 5.69 Å². The van der Waals surface area contributed by atoms with E-state index in [2.05, 4.69) is 12.2 Å². The van der Waals surface area contributed by atoms with Crippen molar-refractivity contribution in [3.63, 3.8) is 0 Å². The number of ether oxygens (including phenoxy) is 1. The maximum absolute atomic E-state index is 12.2. The van der Waals surface area contributed by atoms with Gasteiger partial charge in [-0.3, -0.25) is 4.79 Å². The lowest BCUT2D eigenvalue weighted by Gasteiger charge is -2.15. The fourth-order valence-electron chi connectivity index (χ4n) is 2.01. The minimum Gasteiger partial charge on any atom is -0.481 e. The van der Waals surface area contributed by atoms with Crippen molar-refractivity contribution in [1.82, 2.24) is 0 Å². The van der Waals surface area contributed by atoms with E-state index in [1.165, 1.54) is 0 Å². The van der Waals surface area contributed by atoms with Crippen LogP contribution in [-0.2, 0) is 11.2 Å².